The molecular formula is C10H16N4O5S2. The van der Waals surface area contributed by atoms with E-state index in [0.29, 0.717) is 11.3 Å². The zero-order valence-electron chi connectivity index (χ0n) is 11.5. The van der Waals surface area contributed by atoms with Gasteiger partial charge in [0.05, 0.1) is 4.92 Å². The Morgan fingerprint density at radius 2 is 2.14 bits per heavy atom. The third-order valence-electron chi connectivity index (χ3n) is 2.27. The average Bonchev–Trinajstić information content (AvgIpc) is 2.70. The van der Waals surface area contributed by atoms with Crippen molar-refractivity contribution in [2.24, 2.45) is 0 Å². The maximum absolute atomic E-state index is 11.9. The molecule has 0 fully saturated rings. The van der Waals surface area contributed by atoms with E-state index in [1.807, 2.05) is 0 Å². The summed E-state index contributed by atoms with van der Waals surface area (Å²) in [5.41, 5.74) is 4.94. The molecular weight excluding hydrogens is 320 g/mol. The van der Waals surface area contributed by atoms with Crippen molar-refractivity contribution in [3.8, 4) is 0 Å². The first kappa shape index (κ1) is 17.3. The van der Waals surface area contributed by atoms with Gasteiger partial charge in [-0.1, -0.05) is 11.3 Å². The molecule has 0 spiro atoms. The third kappa shape index (κ3) is 4.95. The summed E-state index contributed by atoms with van der Waals surface area (Å²) in [6, 6.07) is 0.866. The van der Waals surface area contributed by atoms with Crippen LogP contribution in [-0.4, -0.2) is 31.8 Å². The zero-order valence-corrected chi connectivity index (χ0v) is 13.1. The largest absolute Gasteiger partial charge is 0.385 e. The van der Waals surface area contributed by atoms with Crippen molar-refractivity contribution < 1.29 is 18.1 Å². The summed E-state index contributed by atoms with van der Waals surface area (Å²) in [6.07, 6.45) is -0.0274. The van der Waals surface area contributed by atoms with Crippen molar-refractivity contribution in [1.82, 2.24) is 10.0 Å². The minimum absolute atomic E-state index is 0.0274. The maximum atomic E-state index is 11.9. The van der Waals surface area contributed by atoms with Gasteiger partial charge in [0.2, 0.25) is 15.9 Å². The van der Waals surface area contributed by atoms with Gasteiger partial charge in [-0.2, -0.15) is 0 Å². The fraction of sp³-hybridized carbons (Fsp3) is 0.500. The molecule has 0 bridgehead atoms. The SMILES string of the molecule is CC(C)NC(=O)CCNS(=O)(=O)c1cc([N+](=O)[O-])c(N)s1. The van der Waals surface area contributed by atoms with E-state index in [2.05, 4.69) is 10.0 Å². The summed E-state index contributed by atoms with van der Waals surface area (Å²) in [6.45, 7) is 3.47. The van der Waals surface area contributed by atoms with Crippen molar-refractivity contribution in [1.29, 1.82) is 0 Å². The molecule has 0 saturated heterocycles. The first-order chi connectivity index (χ1) is 9.63. The fourth-order valence-electron chi connectivity index (χ4n) is 1.41. The molecule has 0 radical (unpaired) electrons. The minimum atomic E-state index is -3.92. The Morgan fingerprint density at radius 1 is 1.52 bits per heavy atom. The highest BCUT2D eigenvalue weighted by Gasteiger charge is 2.24. The van der Waals surface area contributed by atoms with Crippen LogP contribution in [0.2, 0.25) is 0 Å². The number of carbonyl (C=O) groups is 1. The molecule has 21 heavy (non-hydrogen) atoms. The van der Waals surface area contributed by atoms with Crippen LogP contribution in [0.3, 0.4) is 0 Å². The van der Waals surface area contributed by atoms with Crippen LogP contribution in [0, 0.1) is 10.1 Å². The smallest absolute Gasteiger partial charge is 0.304 e. The highest BCUT2D eigenvalue weighted by molar-refractivity contribution is 7.91. The molecule has 0 aliphatic heterocycles. The summed E-state index contributed by atoms with van der Waals surface area (Å²) >= 11 is 0.604. The number of anilines is 1. The van der Waals surface area contributed by atoms with E-state index < -0.39 is 20.6 Å². The molecule has 1 rings (SSSR count). The number of nitrogen functional groups attached to an aromatic ring is 1. The van der Waals surface area contributed by atoms with Gasteiger partial charge in [-0.25, -0.2) is 13.1 Å². The second-order valence-corrected chi connectivity index (χ2v) is 7.52. The molecule has 1 aromatic heterocycles. The predicted octanol–water partition coefficient (Wildman–Crippen LogP) is 0.432. The Balaban J connectivity index is 2.68. The topological polar surface area (TPSA) is 144 Å². The lowest BCUT2D eigenvalue weighted by molar-refractivity contribution is -0.383. The van der Waals surface area contributed by atoms with E-state index >= 15 is 0 Å². The zero-order chi connectivity index (χ0) is 16.2. The molecule has 0 aromatic carbocycles. The molecule has 4 N–H and O–H groups in total. The number of amides is 1. The number of hydrogen-bond acceptors (Lipinski definition) is 7. The molecule has 0 aliphatic rings. The quantitative estimate of drug-likeness (QED) is 0.486. The molecule has 0 unspecified atom stereocenters. The van der Waals surface area contributed by atoms with Crippen molar-refractivity contribution in [2.75, 3.05) is 12.3 Å². The van der Waals surface area contributed by atoms with Crippen LogP contribution in [0.15, 0.2) is 10.3 Å². The molecule has 9 nitrogen and oxygen atoms in total. The maximum Gasteiger partial charge on any atom is 0.304 e. The lowest BCUT2D eigenvalue weighted by Crippen LogP contribution is -2.33. The Bertz CT molecular complexity index is 638. The van der Waals surface area contributed by atoms with E-state index in [0.717, 1.165) is 6.07 Å². The van der Waals surface area contributed by atoms with E-state index in [1.54, 1.807) is 13.8 Å². The van der Waals surface area contributed by atoms with Crippen molar-refractivity contribution in [3.63, 3.8) is 0 Å². The molecule has 0 saturated carbocycles. The van der Waals surface area contributed by atoms with Crippen LogP contribution >= 0.6 is 11.3 Å². The Kier molecular flexibility index (Phi) is 5.63. The molecule has 1 heterocycles. The molecule has 11 heteroatoms. The van der Waals surface area contributed by atoms with Gasteiger partial charge in [0.25, 0.3) is 0 Å². The summed E-state index contributed by atoms with van der Waals surface area (Å²) < 4.78 is 25.8. The van der Waals surface area contributed by atoms with Gasteiger partial charge in [-0.05, 0) is 13.8 Å². The predicted molar refractivity (Wildman–Crippen MR) is 78.5 cm³/mol. The van der Waals surface area contributed by atoms with Gasteiger partial charge >= 0.3 is 5.69 Å². The van der Waals surface area contributed by atoms with Crippen LogP contribution in [0.25, 0.3) is 0 Å². The molecule has 118 valence electrons. The number of sulfonamides is 1. The minimum Gasteiger partial charge on any atom is -0.385 e. The molecule has 1 aromatic rings. The number of nitro groups is 1. The Morgan fingerprint density at radius 3 is 2.62 bits per heavy atom. The third-order valence-corrected chi connectivity index (χ3v) is 5.16. The van der Waals surface area contributed by atoms with E-state index in [-0.39, 0.29) is 34.1 Å². The van der Waals surface area contributed by atoms with Crippen molar-refractivity contribution in [3.05, 3.63) is 16.2 Å². The lowest BCUT2D eigenvalue weighted by atomic mass is 10.3. The van der Waals surface area contributed by atoms with E-state index in [1.165, 1.54) is 0 Å². The van der Waals surface area contributed by atoms with Gasteiger partial charge in [0.1, 0.15) is 4.21 Å². The molecule has 0 atom stereocenters. The Hall–Kier alpha value is -1.72. The van der Waals surface area contributed by atoms with Gasteiger partial charge in [-0.15, -0.1) is 0 Å². The normalized spacial score (nSPS) is 11.6. The summed E-state index contributed by atoms with van der Waals surface area (Å²) in [5.74, 6) is -0.288. The van der Waals surface area contributed by atoms with Crippen LogP contribution in [0.5, 0.6) is 0 Å². The number of rotatable bonds is 7. The van der Waals surface area contributed by atoms with Crippen molar-refractivity contribution in [2.45, 2.75) is 30.5 Å². The number of nitrogens with zero attached hydrogens (tertiary/aromatic N) is 1. The van der Waals surface area contributed by atoms with E-state index in [4.69, 9.17) is 5.73 Å². The number of carbonyl (C=O) groups excluding carboxylic acids is 1. The first-order valence-electron chi connectivity index (χ1n) is 5.96. The number of hydrogen-bond donors (Lipinski definition) is 3. The van der Waals surface area contributed by atoms with Gasteiger partial charge in [-0.3, -0.25) is 14.9 Å². The number of nitrogens with two attached hydrogens (primary N) is 1. The highest BCUT2D eigenvalue weighted by atomic mass is 32.2. The highest BCUT2D eigenvalue weighted by Crippen LogP contribution is 2.34. The summed E-state index contributed by atoms with van der Waals surface area (Å²) in [7, 11) is -3.92. The lowest BCUT2D eigenvalue weighted by Gasteiger charge is -2.08. The van der Waals surface area contributed by atoms with Gasteiger partial charge < -0.3 is 11.1 Å². The number of thiophene rings is 1. The molecule has 1 amide bonds. The van der Waals surface area contributed by atoms with Crippen LogP contribution in [0.4, 0.5) is 10.7 Å². The van der Waals surface area contributed by atoms with Crippen molar-refractivity contribution >= 4 is 38.0 Å². The van der Waals surface area contributed by atoms with Crippen LogP contribution in [-0.2, 0) is 14.8 Å². The van der Waals surface area contributed by atoms with Gasteiger partial charge in [0, 0.05) is 25.1 Å². The second kappa shape index (κ2) is 6.83. The average molecular weight is 336 g/mol. The molecule has 0 aliphatic carbocycles. The second-order valence-electron chi connectivity index (χ2n) is 4.44. The fourth-order valence-corrected chi connectivity index (χ4v) is 3.70. The van der Waals surface area contributed by atoms with Crippen LogP contribution < -0.4 is 15.8 Å². The number of nitrogens with one attached hydrogen (secondary N) is 2. The Labute approximate surface area is 125 Å². The van der Waals surface area contributed by atoms with E-state index in [9.17, 15) is 23.3 Å². The first-order valence-corrected chi connectivity index (χ1v) is 8.26. The standard InChI is InChI=1S/C10H16N4O5S2/c1-6(2)13-8(15)3-4-12-21(18,19)9-5-7(14(16)17)10(11)20-9/h5-6,12H,3-4,11H2,1-2H3,(H,13,15). The van der Waals surface area contributed by atoms with Crippen LogP contribution in [0.1, 0.15) is 20.3 Å². The summed E-state index contributed by atoms with van der Waals surface area (Å²) in [5, 5.41) is 13.1. The summed E-state index contributed by atoms with van der Waals surface area (Å²) in [4.78, 5) is 21.3. The van der Waals surface area contributed by atoms with Gasteiger partial charge in [0.15, 0.2) is 5.00 Å². The monoisotopic (exact) mass is 336 g/mol.